The molecular formula is C16H24O3. The molecule has 0 aromatic carbocycles. The highest BCUT2D eigenvalue weighted by Gasteiger charge is 2.66. The van der Waals surface area contributed by atoms with Gasteiger partial charge < -0.3 is 9.84 Å². The predicted molar refractivity (Wildman–Crippen MR) is 72.5 cm³/mol. The highest BCUT2D eigenvalue weighted by Crippen LogP contribution is 2.68. The van der Waals surface area contributed by atoms with Gasteiger partial charge in [0, 0.05) is 13.3 Å². The van der Waals surface area contributed by atoms with Crippen molar-refractivity contribution in [3.05, 3.63) is 12.3 Å². The van der Waals surface area contributed by atoms with Crippen molar-refractivity contribution in [2.75, 3.05) is 0 Å². The third kappa shape index (κ3) is 2.03. The van der Waals surface area contributed by atoms with Gasteiger partial charge in [0.25, 0.3) is 0 Å². The second-order valence-electron chi connectivity index (χ2n) is 8.17. The van der Waals surface area contributed by atoms with Crippen molar-refractivity contribution in [1.29, 1.82) is 0 Å². The SMILES string of the molecule is C=C(OC12CC3(C)CC(C)(CC(O)(C3)C1)C2)C(C)=O. The number of rotatable bonds is 3. The van der Waals surface area contributed by atoms with Crippen LogP contribution in [0, 0.1) is 10.8 Å². The van der Waals surface area contributed by atoms with Crippen LogP contribution in [0.5, 0.6) is 0 Å². The number of ether oxygens (including phenoxy) is 1. The average Bonchev–Trinajstić information content (AvgIpc) is 2.07. The Morgan fingerprint density at radius 3 is 2.00 bits per heavy atom. The molecule has 4 saturated carbocycles. The van der Waals surface area contributed by atoms with Crippen LogP contribution in [-0.2, 0) is 9.53 Å². The molecule has 0 saturated heterocycles. The Morgan fingerprint density at radius 2 is 1.58 bits per heavy atom. The first-order valence-corrected chi connectivity index (χ1v) is 7.18. The monoisotopic (exact) mass is 264 g/mol. The Morgan fingerprint density at radius 1 is 1.05 bits per heavy atom. The molecule has 2 atom stereocenters. The number of hydrogen-bond donors (Lipinski definition) is 1. The minimum atomic E-state index is -0.616. The summed E-state index contributed by atoms with van der Waals surface area (Å²) in [4.78, 5) is 11.4. The summed E-state index contributed by atoms with van der Waals surface area (Å²) in [6, 6.07) is 0. The van der Waals surface area contributed by atoms with Crippen molar-refractivity contribution in [2.45, 2.75) is 70.5 Å². The van der Waals surface area contributed by atoms with Gasteiger partial charge in [-0.3, -0.25) is 4.79 Å². The van der Waals surface area contributed by atoms with Crippen molar-refractivity contribution in [3.8, 4) is 0 Å². The molecule has 4 aliphatic carbocycles. The summed E-state index contributed by atoms with van der Waals surface area (Å²) < 4.78 is 6.00. The van der Waals surface area contributed by atoms with Crippen LogP contribution in [0.2, 0.25) is 0 Å². The zero-order chi connectivity index (χ0) is 14.1. The number of hydrogen-bond acceptors (Lipinski definition) is 3. The molecule has 0 aromatic heterocycles. The van der Waals surface area contributed by atoms with Crippen molar-refractivity contribution >= 4 is 5.78 Å². The Labute approximate surface area is 115 Å². The van der Waals surface area contributed by atoms with E-state index in [4.69, 9.17) is 4.74 Å². The second kappa shape index (κ2) is 3.43. The molecule has 19 heavy (non-hydrogen) atoms. The minimum absolute atomic E-state index is 0.113. The van der Waals surface area contributed by atoms with E-state index in [0.29, 0.717) is 6.42 Å². The highest BCUT2D eigenvalue weighted by molar-refractivity contribution is 5.90. The van der Waals surface area contributed by atoms with Crippen molar-refractivity contribution < 1.29 is 14.6 Å². The summed E-state index contributed by atoms with van der Waals surface area (Å²) in [5, 5.41) is 10.9. The molecule has 1 N–H and O–H groups in total. The van der Waals surface area contributed by atoms with Crippen LogP contribution in [0.25, 0.3) is 0 Å². The van der Waals surface area contributed by atoms with Crippen LogP contribution >= 0.6 is 0 Å². The maximum Gasteiger partial charge on any atom is 0.193 e. The molecule has 3 nitrogen and oxygen atoms in total. The quantitative estimate of drug-likeness (QED) is 0.629. The maximum atomic E-state index is 11.4. The lowest BCUT2D eigenvalue weighted by molar-refractivity contribution is -0.256. The van der Waals surface area contributed by atoms with Gasteiger partial charge in [-0.2, -0.15) is 0 Å². The van der Waals surface area contributed by atoms with Crippen LogP contribution in [0.4, 0.5) is 0 Å². The second-order valence-corrected chi connectivity index (χ2v) is 8.17. The van der Waals surface area contributed by atoms with Crippen LogP contribution in [0.1, 0.15) is 59.3 Å². The molecule has 4 fully saturated rings. The largest absolute Gasteiger partial charge is 0.484 e. The van der Waals surface area contributed by atoms with E-state index in [1.165, 1.54) is 6.92 Å². The molecular weight excluding hydrogens is 240 g/mol. The fraction of sp³-hybridized carbons (Fsp3) is 0.812. The molecule has 4 bridgehead atoms. The number of carbonyl (C=O) groups is 1. The van der Waals surface area contributed by atoms with Crippen molar-refractivity contribution in [1.82, 2.24) is 0 Å². The first kappa shape index (κ1) is 13.2. The van der Waals surface area contributed by atoms with Crippen LogP contribution in [-0.4, -0.2) is 22.1 Å². The van der Waals surface area contributed by atoms with Gasteiger partial charge in [-0.15, -0.1) is 0 Å². The zero-order valence-corrected chi connectivity index (χ0v) is 12.2. The molecule has 0 heterocycles. The molecule has 106 valence electrons. The molecule has 0 aliphatic heterocycles. The lowest BCUT2D eigenvalue weighted by Crippen LogP contribution is -2.66. The lowest BCUT2D eigenvalue weighted by atomic mass is 9.42. The van der Waals surface area contributed by atoms with Gasteiger partial charge >= 0.3 is 0 Å². The van der Waals surface area contributed by atoms with E-state index in [-0.39, 0.29) is 28.0 Å². The fourth-order valence-electron chi connectivity index (χ4n) is 5.97. The summed E-state index contributed by atoms with van der Waals surface area (Å²) in [6.07, 6.45) is 5.41. The molecule has 4 aliphatic rings. The molecule has 0 radical (unpaired) electrons. The van der Waals surface area contributed by atoms with Crippen molar-refractivity contribution in [3.63, 3.8) is 0 Å². The van der Waals surface area contributed by atoms with Gasteiger partial charge in [0.05, 0.1) is 5.60 Å². The fourth-order valence-corrected chi connectivity index (χ4v) is 5.97. The molecule has 0 spiro atoms. The Kier molecular flexibility index (Phi) is 2.38. The molecule has 0 amide bonds. The van der Waals surface area contributed by atoms with Crippen LogP contribution < -0.4 is 0 Å². The Balaban J connectivity index is 1.95. The summed E-state index contributed by atoms with van der Waals surface area (Å²) in [6.45, 7) is 9.74. The normalized spacial score (nSPS) is 51.2. The summed E-state index contributed by atoms with van der Waals surface area (Å²) in [5.41, 5.74) is -0.726. The molecule has 0 aromatic rings. The van der Waals surface area contributed by atoms with Gasteiger partial charge in [-0.05, 0) is 42.9 Å². The van der Waals surface area contributed by atoms with E-state index >= 15 is 0 Å². The molecule has 3 heteroatoms. The van der Waals surface area contributed by atoms with E-state index < -0.39 is 5.60 Å². The molecule has 2 unspecified atom stereocenters. The smallest absolute Gasteiger partial charge is 0.193 e. The standard InChI is InChI=1S/C16H24O3/c1-11(17)12(2)19-16-8-13(3)5-14(4,9-16)7-15(18,6-13)10-16/h18H,2,5-10H2,1,3-4H3. The Bertz CT molecular complexity index is 411. The van der Waals surface area contributed by atoms with Gasteiger partial charge in [-0.25, -0.2) is 0 Å². The zero-order valence-electron chi connectivity index (χ0n) is 12.2. The molecule has 4 rings (SSSR count). The van der Waals surface area contributed by atoms with Gasteiger partial charge in [0.1, 0.15) is 5.60 Å². The van der Waals surface area contributed by atoms with Gasteiger partial charge in [0.15, 0.2) is 11.5 Å². The number of allylic oxidation sites excluding steroid dienone is 1. The number of ketones is 1. The van der Waals surface area contributed by atoms with Gasteiger partial charge in [-0.1, -0.05) is 20.4 Å². The Hall–Kier alpha value is -0.830. The van der Waals surface area contributed by atoms with Gasteiger partial charge in [0.2, 0.25) is 0 Å². The van der Waals surface area contributed by atoms with Crippen LogP contribution in [0.3, 0.4) is 0 Å². The summed E-state index contributed by atoms with van der Waals surface area (Å²) in [5.74, 6) is 0.135. The van der Waals surface area contributed by atoms with E-state index in [1.807, 2.05) is 0 Å². The third-order valence-electron chi connectivity index (χ3n) is 5.25. The van der Waals surface area contributed by atoms with E-state index in [2.05, 4.69) is 20.4 Å². The van der Waals surface area contributed by atoms with Crippen LogP contribution in [0.15, 0.2) is 12.3 Å². The minimum Gasteiger partial charge on any atom is -0.484 e. The number of aliphatic hydroxyl groups is 1. The highest BCUT2D eigenvalue weighted by atomic mass is 16.5. The lowest BCUT2D eigenvalue weighted by Gasteiger charge is -2.67. The first-order chi connectivity index (χ1) is 8.57. The van der Waals surface area contributed by atoms with E-state index in [9.17, 15) is 9.90 Å². The topological polar surface area (TPSA) is 46.5 Å². The van der Waals surface area contributed by atoms with E-state index in [1.54, 1.807) is 0 Å². The number of Topliss-reactive ketones (excluding diaryl/α,β-unsaturated/α-hetero) is 1. The summed E-state index contributed by atoms with van der Waals surface area (Å²) >= 11 is 0. The third-order valence-corrected chi connectivity index (χ3v) is 5.25. The average molecular weight is 264 g/mol. The maximum absolute atomic E-state index is 11.4. The van der Waals surface area contributed by atoms with E-state index in [0.717, 1.165) is 32.1 Å². The summed E-state index contributed by atoms with van der Waals surface area (Å²) in [7, 11) is 0. The first-order valence-electron chi connectivity index (χ1n) is 7.18. The predicted octanol–water partition coefficient (Wildman–Crippen LogP) is 2.97. The van der Waals surface area contributed by atoms with Crippen molar-refractivity contribution in [2.24, 2.45) is 10.8 Å². The number of carbonyl (C=O) groups excluding carboxylic acids is 1.